The van der Waals surface area contributed by atoms with Gasteiger partial charge in [-0.25, -0.2) is 0 Å². The first-order valence-corrected chi connectivity index (χ1v) is 31.0. The number of ketones is 2. The Hall–Kier alpha value is -3.16. The lowest BCUT2D eigenvalue weighted by Gasteiger charge is -2.74. The van der Waals surface area contributed by atoms with Gasteiger partial charge < -0.3 is 46.6 Å². The predicted molar refractivity (Wildman–Crippen MR) is 302 cm³/mol. The van der Waals surface area contributed by atoms with Crippen LogP contribution in [-0.4, -0.2) is 93.4 Å². The summed E-state index contributed by atoms with van der Waals surface area (Å²) in [5.41, 5.74) is 8.72. The molecule has 0 bridgehead atoms. The Morgan fingerprint density at radius 1 is 0.870 bits per heavy atom. The molecule has 9 aliphatic rings. The van der Waals surface area contributed by atoms with Crippen molar-refractivity contribution in [2.75, 3.05) is 32.5 Å². The average molecular weight is 1060 g/mol. The predicted octanol–water partition coefficient (Wildman–Crippen LogP) is 10.6. The van der Waals surface area contributed by atoms with E-state index in [1.165, 1.54) is 17.6 Å². The second-order valence-electron chi connectivity index (χ2n) is 28.3. The smallest absolute Gasteiger partial charge is 0.160 e. The van der Waals surface area contributed by atoms with E-state index in [1.54, 1.807) is 0 Å². The van der Waals surface area contributed by atoms with E-state index >= 15 is 9.59 Å². The van der Waals surface area contributed by atoms with Gasteiger partial charge in [-0.05, 0) is 222 Å². The van der Waals surface area contributed by atoms with Crippen LogP contribution in [0.15, 0.2) is 53.6 Å². The quantitative estimate of drug-likeness (QED) is 0.0662. The highest BCUT2D eigenvalue weighted by Gasteiger charge is 2.76. The first kappa shape index (κ1) is 55.7. The lowest BCUT2D eigenvalue weighted by molar-refractivity contribution is -0.234. The van der Waals surface area contributed by atoms with E-state index in [0.29, 0.717) is 63.5 Å². The molecule has 11 nitrogen and oxygen atoms in total. The SMILES string of the molecule is CNCc1cc(O)cc([C@H]2C[C@@]3(C4CCCCC4)[C@H]4CCC5=C([C@@H](C[C@@H](O)[C@H]6O[C@]6(C)[C@@H]6CCC[C@@H]6c6cccc(N)c6)[C@H]6CCC[C@H](CO)C6)C(=O)C[C@]5(C)[C@@]4(CCO)C[C@@H]4NC[C@@](C)(O)CCCC[C@@](C)(C2=O)[C@H]43)c1. The molecule has 6 saturated carbocycles. The van der Waals surface area contributed by atoms with E-state index < -0.39 is 39.5 Å². The zero-order valence-electron chi connectivity index (χ0n) is 47.6. The first-order valence-electron chi connectivity index (χ1n) is 31.0. The van der Waals surface area contributed by atoms with Gasteiger partial charge in [0, 0.05) is 61.2 Å². The normalized spacial score (nSPS) is 42.3. The van der Waals surface area contributed by atoms with Crippen LogP contribution in [0.3, 0.4) is 0 Å². The molecule has 2 aromatic rings. The number of epoxide rings is 1. The fraction of sp³-hybridized carbons (Fsp3) is 0.758. The fourth-order valence-corrected chi connectivity index (χ4v) is 20.9. The van der Waals surface area contributed by atoms with Crippen molar-refractivity contribution < 1.29 is 39.9 Å². The van der Waals surface area contributed by atoms with Crippen LogP contribution in [-0.2, 0) is 20.9 Å². The zero-order chi connectivity index (χ0) is 54.3. The number of anilines is 1. The molecule has 11 heteroatoms. The molecule has 7 aliphatic carbocycles. The summed E-state index contributed by atoms with van der Waals surface area (Å²) in [5.74, 6) is 1.23. The summed E-state index contributed by atoms with van der Waals surface area (Å²) in [4.78, 5) is 32.0. The summed E-state index contributed by atoms with van der Waals surface area (Å²) in [6.07, 6.45) is 18.7. The Morgan fingerprint density at radius 2 is 1.65 bits per heavy atom. The number of aromatic hydroxyl groups is 1. The van der Waals surface area contributed by atoms with E-state index in [2.05, 4.69) is 49.6 Å². The molecule has 2 aliphatic heterocycles. The molecule has 77 heavy (non-hydrogen) atoms. The Bertz CT molecular complexity index is 2540. The van der Waals surface area contributed by atoms with Crippen LogP contribution in [0.25, 0.3) is 0 Å². The van der Waals surface area contributed by atoms with Crippen LogP contribution in [0.5, 0.6) is 5.75 Å². The van der Waals surface area contributed by atoms with Gasteiger partial charge in [0.05, 0.1) is 17.3 Å². The molecule has 0 radical (unpaired) electrons. The number of nitrogen functional groups attached to an aromatic ring is 1. The van der Waals surface area contributed by atoms with Crippen LogP contribution in [0, 0.1) is 63.1 Å². The summed E-state index contributed by atoms with van der Waals surface area (Å²) in [6.45, 7) is 9.95. The zero-order valence-corrected chi connectivity index (χ0v) is 47.6. The number of ether oxygens (including phenoxy) is 1. The van der Waals surface area contributed by atoms with Crippen molar-refractivity contribution in [1.29, 1.82) is 0 Å². The Balaban J connectivity index is 1.04. The molecular formula is C66H97N3O8. The molecule has 0 spiro atoms. The molecule has 11 rings (SSSR count). The number of carbonyl (C=O) groups excluding carboxylic acids is 2. The first-order chi connectivity index (χ1) is 36.9. The second kappa shape index (κ2) is 21.3. The van der Waals surface area contributed by atoms with Gasteiger partial charge in [-0.1, -0.05) is 82.6 Å². The number of phenolic OH excluding ortho intramolecular Hbond substituents is 1. The van der Waals surface area contributed by atoms with Crippen LogP contribution in [0.1, 0.15) is 204 Å². The third-order valence-corrected chi connectivity index (χ3v) is 24.1. The number of allylic oxidation sites excluding steroid dienone is 2. The maximum absolute atomic E-state index is 16.1. The fourth-order valence-electron chi connectivity index (χ4n) is 20.9. The van der Waals surface area contributed by atoms with Crippen molar-refractivity contribution in [3.63, 3.8) is 0 Å². The van der Waals surface area contributed by atoms with Gasteiger partial charge in [0.15, 0.2) is 5.78 Å². The van der Waals surface area contributed by atoms with Gasteiger partial charge >= 0.3 is 0 Å². The molecule has 2 heterocycles. The lowest BCUT2D eigenvalue weighted by atomic mass is 9.30. The number of aliphatic hydroxyl groups excluding tert-OH is 3. The number of aliphatic hydroxyl groups is 4. The number of nitrogens with two attached hydrogens (primary N) is 1. The Morgan fingerprint density at radius 3 is 2.40 bits per heavy atom. The Labute approximate surface area is 460 Å². The number of hydrogen-bond acceptors (Lipinski definition) is 11. The molecule has 0 unspecified atom stereocenters. The number of hydrogen-bond donors (Lipinski definition) is 8. The second-order valence-corrected chi connectivity index (χ2v) is 28.3. The number of β-amino-alcohol motifs (C(OH)–C–C–N with tert-alkyl or cyclic N) is 1. The maximum atomic E-state index is 16.1. The summed E-state index contributed by atoms with van der Waals surface area (Å²) in [5, 5.41) is 66.2. The molecule has 424 valence electrons. The van der Waals surface area contributed by atoms with E-state index in [-0.39, 0.29) is 83.6 Å². The molecule has 2 saturated heterocycles. The minimum Gasteiger partial charge on any atom is -0.508 e. The number of Topliss-reactive ketones (excluding diaryl/α,β-unsaturated/α-hetero) is 2. The molecule has 8 fully saturated rings. The van der Waals surface area contributed by atoms with Gasteiger partial charge in [0.2, 0.25) is 0 Å². The van der Waals surface area contributed by atoms with E-state index in [0.717, 1.165) is 125 Å². The largest absolute Gasteiger partial charge is 0.508 e. The van der Waals surface area contributed by atoms with Crippen molar-refractivity contribution in [3.8, 4) is 5.75 Å². The van der Waals surface area contributed by atoms with Gasteiger partial charge in [-0.3, -0.25) is 9.59 Å². The molecular weight excluding hydrogens is 963 g/mol. The molecule has 2 aromatic carbocycles. The number of rotatable bonds is 14. The molecule has 17 atom stereocenters. The number of phenols is 1. The lowest BCUT2D eigenvalue weighted by Crippen LogP contribution is -2.73. The van der Waals surface area contributed by atoms with Gasteiger partial charge in [-0.2, -0.15) is 0 Å². The Kier molecular flexibility index (Phi) is 15.4. The minimum absolute atomic E-state index is 0.0173. The van der Waals surface area contributed by atoms with Crippen molar-refractivity contribution in [3.05, 3.63) is 70.3 Å². The molecule has 0 aromatic heterocycles. The third kappa shape index (κ3) is 9.43. The number of carbonyl (C=O) groups is 2. The summed E-state index contributed by atoms with van der Waals surface area (Å²) in [7, 11) is 1.91. The van der Waals surface area contributed by atoms with Crippen molar-refractivity contribution in [2.45, 2.75) is 223 Å². The van der Waals surface area contributed by atoms with Crippen LogP contribution < -0.4 is 16.4 Å². The van der Waals surface area contributed by atoms with Crippen molar-refractivity contribution >= 4 is 17.3 Å². The van der Waals surface area contributed by atoms with Crippen LogP contribution >= 0.6 is 0 Å². The minimum atomic E-state index is -0.942. The molecule has 9 N–H and O–H groups in total. The van der Waals surface area contributed by atoms with Gasteiger partial charge in [0.25, 0.3) is 0 Å². The van der Waals surface area contributed by atoms with Gasteiger partial charge in [-0.15, -0.1) is 0 Å². The number of nitrogens with one attached hydrogen (secondary N) is 2. The van der Waals surface area contributed by atoms with Crippen LogP contribution in [0.2, 0.25) is 0 Å². The maximum Gasteiger partial charge on any atom is 0.160 e. The highest BCUT2D eigenvalue weighted by Crippen LogP contribution is 2.79. The highest BCUT2D eigenvalue weighted by atomic mass is 16.6. The molecule has 0 amide bonds. The summed E-state index contributed by atoms with van der Waals surface area (Å²) >= 11 is 0. The van der Waals surface area contributed by atoms with Gasteiger partial charge in [0.1, 0.15) is 17.6 Å². The number of fused-ring (bicyclic) bond motifs is 4. The van der Waals surface area contributed by atoms with E-state index in [9.17, 15) is 25.5 Å². The average Bonchev–Trinajstić information content (AvgIpc) is 3.84. The van der Waals surface area contributed by atoms with E-state index in [4.69, 9.17) is 10.5 Å². The summed E-state index contributed by atoms with van der Waals surface area (Å²) < 4.78 is 6.77. The summed E-state index contributed by atoms with van der Waals surface area (Å²) in [6, 6.07) is 14.0. The van der Waals surface area contributed by atoms with E-state index in [1.807, 2.05) is 38.2 Å². The van der Waals surface area contributed by atoms with Crippen LogP contribution in [0.4, 0.5) is 5.69 Å². The third-order valence-electron chi connectivity index (χ3n) is 24.1. The highest BCUT2D eigenvalue weighted by molar-refractivity contribution is 6.01. The van der Waals surface area contributed by atoms with Crippen molar-refractivity contribution in [1.82, 2.24) is 10.6 Å². The number of benzene rings is 2. The topological polar surface area (TPSA) is 198 Å². The monoisotopic (exact) mass is 1060 g/mol. The van der Waals surface area contributed by atoms with Crippen molar-refractivity contribution in [2.24, 2.45) is 63.1 Å². The standard InChI is InChI=1S/C66H97N3O8/c1-61(76)24-9-10-25-62(2)58-53(69-39-61)35-65(26-27-70)56(66(58,45-17-7-6-8-18-45)34-50(59(62)75)44-29-41(37-68-5)30-47(72)32-44)23-22-52-57(55(74)36-63(52,65)3)49(42-15-11-14-40(28-42)38-71)33-54(73)60-64(4,77-60)51-21-13-20-48(51)43-16-12-19-46(67)31-43/h12,16,19,29-32,40,42,45,48-51,53-54,56,58,60,68-73,76H,6-11,13-15,17-18,20-28,33-39,67H2,1-5H3/t40-,42-,48+,49-,50+,51+,53-,54+,56-,58-,60+,61-,62+,63-,64+,65-,66+/m0/s1.